The Hall–Kier alpha value is -0.630. The summed E-state index contributed by atoms with van der Waals surface area (Å²) in [6.07, 6.45) is 0. The molecule has 0 saturated carbocycles. The van der Waals surface area contributed by atoms with Crippen molar-refractivity contribution in [1.82, 2.24) is 0 Å². The highest BCUT2D eigenvalue weighted by Crippen LogP contribution is 2.44. The molecule has 0 amide bonds. The first kappa shape index (κ1) is 10.5. The Labute approximate surface area is 78.2 Å². The van der Waals surface area contributed by atoms with Crippen LogP contribution in [0.5, 0.6) is 0 Å². The highest BCUT2D eigenvalue weighted by atomic mass is 31.2. The third-order valence-corrected chi connectivity index (χ3v) is 3.72. The van der Waals surface area contributed by atoms with E-state index in [1.165, 1.54) is 14.2 Å². The summed E-state index contributed by atoms with van der Waals surface area (Å²) in [4.78, 5) is 0. The van der Waals surface area contributed by atoms with Gasteiger partial charge in [-0.3, -0.25) is 4.57 Å². The lowest BCUT2D eigenvalue weighted by molar-refractivity contribution is 0.287. The van der Waals surface area contributed by atoms with Crippen molar-refractivity contribution in [3.8, 4) is 0 Å². The SMILES string of the molecule is COP(=O)(OC)c1ccc(C)cc1. The van der Waals surface area contributed by atoms with E-state index in [0.29, 0.717) is 5.30 Å². The van der Waals surface area contributed by atoms with Gasteiger partial charge in [0.1, 0.15) is 0 Å². The van der Waals surface area contributed by atoms with Crippen LogP contribution in [0, 0.1) is 6.92 Å². The molecule has 72 valence electrons. The minimum Gasteiger partial charge on any atom is -0.309 e. The second-order valence-electron chi connectivity index (χ2n) is 2.70. The van der Waals surface area contributed by atoms with Crippen LogP contribution in [0.15, 0.2) is 24.3 Å². The van der Waals surface area contributed by atoms with Crippen molar-refractivity contribution in [3.05, 3.63) is 29.8 Å². The highest BCUT2D eigenvalue weighted by Gasteiger charge is 2.23. The Bertz CT molecular complexity index is 310. The minimum absolute atomic E-state index is 0.586. The molecule has 0 saturated heterocycles. The lowest BCUT2D eigenvalue weighted by Crippen LogP contribution is -2.07. The molecule has 3 nitrogen and oxygen atoms in total. The predicted molar refractivity (Wildman–Crippen MR) is 52.4 cm³/mol. The molecule has 0 aliphatic rings. The monoisotopic (exact) mass is 200 g/mol. The van der Waals surface area contributed by atoms with Crippen molar-refractivity contribution < 1.29 is 13.6 Å². The molecule has 13 heavy (non-hydrogen) atoms. The van der Waals surface area contributed by atoms with Gasteiger partial charge < -0.3 is 9.05 Å². The van der Waals surface area contributed by atoms with Crippen LogP contribution in [0.2, 0.25) is 0 Å². The molecule has 0 spiro atoms. The Morgan fingerprint density at radius 1 is 1.08 bits per heavy atom. The number of hydrogen-bond acceptors (Lipinski definition) is 3. The third kappa shape index (κ3) is 2.19. The molecule has 0 N–H and O–H groups in total. The van der Waals surface area contributed by atoms with E-state index in [4.69, 9.17) is 9.05 Å². The third-order valence-electron chi connectivity index (χ3n) is 1.83. The number of aryl methyl sites for hydroxylation is 1. The van der Waals surface area contributed by atoms with E-state index in [1.54, 1.807) is 12.1 Å². The zero-order valence-corrected chi connectivity index (χ0v) is 8.88. The van der Waals surface area contributed by atoms with Gasteiger partial charge in [0.05, 0.1) is 5.30 Å². The van der Waals surface area contributed by atoms with Crippen molar-refractivity contribution in [2.75, 3.05) is 14.2 Å². The average Bonchev–Trinajstić information content (AvgIpc) is 2.18. The van der Waals surface area contributed by atoms with E-state index >= 15 is 0 Å². The summed E-state index contributed by atoms with van der Waals surface area (Å²) in [5, 5.41) is 0.586. The van der Waals surface area contributed by atoms with Gasteiger partial charge in [-0.2, -0.15) is 0 Å². The van der Waals surface area contributed by atoms with Crippen LogP contribution in [0.1, 0.15) is 5.56 Å². The van der Waals surface area contributed by atoms with Crippen LogP contribution >= 0.6 is 7.60 Å². The molecule has 0 aliphatic carbocycles. The van der Waals surface area contributed by atoms with E-state index in [-0.39, 0.29) is 0 Å². The van der Waals surface area contributed by atoms with Crippen LogP contribution in [0.25, 0.3) is 0 Å². The molecule has 1 rings (SSSR count). The first-order valence-electron chi connectivity index (χ1n) is 3.91. The lowest BCUT2D eigenvalue weighted by Gasteiger charge is -2.13. The Morgan fingerprint density at radius 2 is 1.54 bits per heavy atom. The van der Waals surface area contributed by atoms with Crippen LogP contribution < -0.4 is 5.30 Å². The molecule has 0 heterocycles. The fourth-order valence-corrected chi connectivity index (χ4v) is 2.10. The van der Waals surface area contributed by atoms with Crippen LogP contribution in [0.4, 0.5) is 0 Å². The molecule has 0 unspecified atom stereocenters. The van der Waals surface area contributed by atoms with Crippen LogP contribution in [0.3, 0.4) is 0 Å². The van der Waals surface area contributed by atoms with Gasteiger partial charge in [-0.05, 0) is 19.1 Å². The van der Waals surface area contributed by atoms with Crippen molar-refractivity contribution in [3.63, 3.8) is 0 Å². The zero-order chi connectivity index (χ0) is 9.90. The largest absolute Gasteiger partial charge is 0.360 e. The fourth-order valence-electron chi connectivity index (χ4n) is 1.01. The molecular formula is C9H13O3P. The van der Waals surface area contributed by atoms with Crippen molar-refractivity contribution in [2.24, 2.45) is 0 Å². The molecule has 0 atom stereocenters. The molecule has 0 aliphatic heterocycles. The molecule has 0 fully saturated rings. The van der Waals surface area contributed by atoms with Crippen molar-refractivity contribution in [1.29, 1.82) is 0 Å². The maximum Gasteiger partial charge on any atom is 0.360 e. The summed E-state index contributed by atoms with van der Waals surface area (Å²) in [7, 11) is -0.295. The van der Waals surface area contributed by atoms with E-state index in [1.807, 2.05) is 19.1 Å². The van der Waals surface area contributed by atoms with Gasteiger partial charge in [0.25, 0.3) is 0 Å². The number of hydrogen-bond donors (Lipinski definition) is 0. The van der Waals surface area contributed by atoms with E-state index in [9.17, 15) is 4.57 Å². The normalized spacial score (nSPS) is 11.6. The van der Waals surface area contributed by atoms with Gasteiger partial charge in [-0.15, -0.1) is 0 Å². The standard InChI is InChI=1S/C9H13O3P/c1-8-4-6-9(7-5-8)13(10,11-2)12-3/h4-7H,1-3H3. The quantitative estimate of drug-likeness (QED) is 0.701. The Morgan fingerprint density at radius 3 is 1.92 bits per heavy atom. The predicted octanol–water partition coefficient (Wildman–Crippen LogP) is 2.11. The summed E-state index contributed by atoms with van der Waals surface area (Å²) >= 11 is 0. The van der Waals surface area contributed by atoms with Crippen molar-refractivity contribution >= 4 is 12.9 Å². The van der Waals surface area contributed by atoms with Gasteiger partial charge in [0.2, 0.25) is 0 Å². The second-order valence-corrected chi connectivity index (χ2v) is 4.94. The molecule has 1 aromatic carbocycles. The van der Waals surface area contributed by atoms with Gasteiger partial charge in [-0.1, -0.05) is 17.7 Å². The smallest absolute Gasteiger partial charge is 0.309 e. The Balaban J connectivity index is 3.07. The van der Waals surface area contributed by atoms with Crippen molar-refractivity contribution in [2.45, 2.75) is 6.92 Å². The summed E-state index contributed by atoms with van der Waals surface area (Å²) in [6, 6.07) is 7.26. The fraction of sp³-hybridized carbons (Fsp3) is 0.333. The molecule has 0 bridgehead atoms. The zero-order valence-electron chi connectivity index (χ0n) is 7.98. The first-order chi connectivity index (χ1) is 6.12. The first-order valence-corrected chi connectivity index (χ1v) is 5.45. The van der Waals surface area contributed by atoms with E-state index in [2.05, 4.69) is 0 Å². The van der Waals surface area contributed by atoms with Crippen LogP contribution in [-0.4, -0.2) is 14.2 Å². The maximum absolute atomic E-state index is 11.8. The van der Waals surface area contributed by atoms with Gasteiger partial charge in [0.15, 0.2) is 0 Å². The summed E-state index contributed by atoms with van der Waals surface area (Å²) in [6.45, 7) is 1.97. The number of rotatable bonds is 3. The minimum atomic E-state index is -3.05. The Kier molecular flexibility index (Phi) is 3.26. The molecule has 1 aromatic rings. The number of benzene rings is 1. The molecule has 4 heteroatoms. The van der Waals surface area contributed by atoms with Gasteiger partial charge >= 0.3 is 7.60 Å². The van der Waals surface area contributed by atoms with Crippen LogP contribution in [-0.2, 0) is 13.6 Å². The average molecular weight is 200 g/mol. The molecular weight excluding hydrogens is 187 g/mol. The second kappa shape index (κ2) is 4.05. The summed E-state index contributed by atoms with van der Waals surface area (Å²) < 4.78 is 21.5. The lowest BCUT2D eigenvalue weighted by atomic mass is 10.2. The topological polar surface area (TPSA) is 35.5 Å². The highest BCUT2D eigenvalue weighted by molar-refractivity contribution is 7.62. The molecule has 0 aromatic heterocycles. The molecule has 0 radical (unpaired) electrons. The maximum atomic E-state index is 11.8. The summed E-state index contributed by atoms with van der Waals surface area (Å²) in [5.41, 5.74) is 1.11. The van der Waals surface area contributed by atoms with E-state index in [0.717, 1.165) is 5.56 Å². The van der Waals surface area contributed by atoms with Gasteiger partial charge in [0, 0.05) is 14.2 Å². The summed E-state index contributed by atoms with van der Waals surface area (Å²) in [5.74, 6) is 0. The van der Waals surface area contributed by atoms with E-state index < -0.39 is 7.60 Å². The van der Waals surface area contributed by atoms with Gasteiger partial charge in [-0.25, -0.2) is 0 Å².